The smallest absolute Gasteiger partial charge is 0.245 e. The topological polar surface area (TPSA) is 392 Å². The summed E-state index contributed by atoms with van der Waals surface area (Å²) in [7, 11) is -2.30. The molecule has 1 rings (SSSR count). The molecule has 0 radical (unpaired) electrons. The Hall–Kier alpha value is -6.12. The van der Waals surface area contributed by atoms with Gasteiger partial charge in [-0.05, 0) is 64.2 Å². The van der Waals surface area contributed by atoms with Crippen LogP contribution in [0.15, 0.2) is 4.99 Å². The molecule has 0 aromatic carbocycles. The van der Waals surface area contributed by atoms with Crippen LogP contribution in [-0.2, 0) is 57.8 Å². The van der Waals surface area contributed by atoms with Gasteiger partial charge >= 0.3 is 0 Å². The molecule has 1 aliphatic rings. The molecule has 26 nitrogen and oxygen atoms in total. The van der Waals surface area contributed by atoms with E-state index < -0.39 is 142 Å². The number of aliphatic hydroxyl groups excluding tert-OH is 1. The molecular weight excluding hydrogens is 975 g/mol. The maximum Gasteiger partial charge on any atom is 0.245 e. The third-order valence-electron chi connectivity index (χ3n) is 12.4. The predicted octanol–water partition coefficient (Wildman–Crippen LogP) is -3.62. The first-order valence-corrected chi connectivity index (χ1v) is 27.0. The second-order valence-corrected chi connectivity index (χ2v) is 20.9. The zero-order chi connectivity index (χ0) is 55.7. The van der Waals surface area contributed by atoms with Crippen LogP contribution in [0.4, 0.5) is 0 Å². The van der Waals surface area contributed by atoms with Gasteiger partial charge in [-0.15, -0.1) is 0 Å². The Kier molecular flexibility index (Phi) is 28.6. The van der Waals surface area contributed by atoms with E-state index in [0.717, 1.165) is 11.2 Å². The number of nitrogens with one attached hydrogen (secondary N) is 8. The molecule has 0 aromatic heterocycles. The average Bonchev–Trinajstić information content (AvgIpc) is 3.82. The Morgan fingerprint density at radius 3 is 1.73 bits per heavy atom. The van der Waals surface area contributed by atoms with Gasteiger partial charge in [0.1, 0.15) is 52.1 Å². The second kappa shape index (κ2) is 32.1. The highest BCUT2D eigenvalue weighted by Crippen LogP contribution is 2.21. The molecular formula is C46H83N13O13S. The Morgan fingerprint density at radius 2 is 1.23 bits per heavy atom. The van der Waals surface area contributed by atoms with Gasteiger partial charge in [-0.2, -0.15) is 0 Å². The number of aliphatic hydroxyl groups is 1. The Labute approximate surface area is 429 Å². The van der Waals surface area contributed by atoms with E-state index >= 15 is 0 Å². The number of nitrogens with zero attached hydrogens (tertiary/aromatic N) is 3. The zero-order valence-corrected chi connectivity index (χ0v) is 44.9. The molecule has 0 saturated carbocycles. The van der Waals surface area contributed by atoms with Crippen molar-refractivity contribution in [2.24, 2.45) is 28.3 Å². The lowest BCUT2D eigenvalue weighted by Gasteiger charge is -2.32. The normalized spacial score (nSPS) is 17.0. The number of carbonyl (C=O) groups excluding carboxylic acids is 10. The number of hydrogen-bond acceptors (Lipinski definition) is 14. The van der Waals surface area contributed by atoms with E-state index in [4.69, 9.17) is 11.5 Å². The monoisotopic (exact) mass is 1060 g/mol. The molecule has 10 atom stereocenters. The number of likely N-dealkylation sites (tertiary alicyclic amines) is 1. The zero-order valence-electron chi connectivity index (χ0n) is 44.1. The van der Waals surface area contributed by atoms with Crippen molar-refractivity contribution >= 4 is 74.9 Å². The molecule has 13 N–H and O–H groups in total. The predicted molar refractivity (Wildman–Crippen MR) is 271 cm³/mol. The van der Waals surface area contributed by atoms with Gasteiger partial charge in [0.05, 0.1) is 24.9 Å². The molecule has 0 aliphatic carbocycles. The number of hydrogen-bond donors (Lipinski definition) is 11. The summed E-state index contributed by atoms with van der Waals surface area (Å²) >= 11 is 0. The van der Waals surface area contributed by atoms with Crippen molar-refractivity contribution < 1.29 is 61.5 Å². The second-order valence-electron chi connectivity index (χ2n) is 18.6. The quantitative estimate of drug-likeness (QED) is 0.0176. The van der Waals surface area contributed by atoms with Crippen molar-refractivity contribution in [1.29, 1.82) is 0 Å². The summed E-state index contributed by atoms with van der Waals surface area (Å²) in [5.41, 5.74) is 11.0. The first-order valence-electron chi connectivity index (χ1n) is 24.9. The summed E-state index contributed by atoms with van der Waals surface area (Å²) < 4.78 is 24.2. The maximum absolute atomic E-state index is 14.2. The van der Waals surface area contributed by atoms with Crippen molar-refractivity contribution in [2.75, 3.05) is 51.8 Å². The van der Waals surface area contributed by atoms with E-state index in [2.05, 4.69) is 47.5 Å². The van der Waals surface area contributed by atoms with Crippen molar-refractivity contribution in [1.82, 2.24) is 52.3 Å². The van der Waals surface area contributed by atoms with E-state index in [-0.39, 0.29) is 57.2 Å². The molecule has 416 valence electrons. The van der Waals surface area contributed by atoms with Crippen LogP contribution in [0.2, 0.25) is 0 Å². The third kappa shape index (κ3) is 23.1. The van der Waals surface area contributed by atoms with Gasteiger partial charge in [-0.3, -0.25) is 52.9 Å². The molecule has 1 fully saturated rings. The van der Waals surface area contributed by atoms with E-state index in [1.807, 2.05) is 0 Å². The number of nitrogens with two attached hydrogens (primary N) is 2. The van der Waals surface area contributed by atoms with Crippen LogP contribution < -0.4 is 54.0 Å². The molecule has 1 saturated heterocycles. The Balaban J connectivity index is 3.38. The van der Waals surface area contributed by atoms with Crippen LogP contribution in [-0.4, -0.2) is 189 Å². The van der Waals surface area contributed by atoms with Gasteiger partial charge in [-0.1, -0.05) is 53.9 Å². The van der Waals surface area contributed by atoms with E-state index in [1.165, 1.54) is 25.8 Å². The van der Waals surface area contributed by atoms with E-state index in [0.29, 0.717) is 32.2 Å². The van der Waals surface area contributed by atoms with Crippen LogP contribution in [0.25, 0.3) is 0 Å². The summed E-state index contributed by atoms with van der Waals surface area (Å²) in [6.07, 6.45) is 1.37. The Bertz CT molecular complexity index is 2050. The number of rotatable bonds is 32. The fourth-order valence-electron chi connectivity index (χ4n) is 7.60. The van der Waals surface area contributed by atoms with E-state index in [9.17, 15) is 61.5 Å². The number of likely N-dealkylation sites (N-methyl/N-ethyl adjacent to an activating group) is 2. The van der Waals surface area contributed by atoms with Crippen LogP contribution >= 0.6 is 0 Å². The summed E-state index contributed by atoms with van der Waals surface area (Å²) in [6, 6.07) is -9.05. The molecule has 1 aliphatic heterocycles. The van der Waals surface area contributed by atoms with Gasteiger partial charge < -0.3 is 68.9 Å². The highest BCUT2D eigenvalue weighted by molar-refractivity contribution is 7.90. The number of carbonyl (C=O) groups is 10. The van der Waals surface area contributed by atoms with Gasteiger partial charge in [0.2, 0.25) is 59.1 Å². The minimum atomic E-state index is -3.67. The van der Waals surface area contributed by atoms with Crippen molar-refractivity contribution in [2.45, 2.75) is 162 Å². The average molecular weight is 1060 g/mol. The molecule has 0 aromatic rings. The standard InChI is InChI=1S/C46H83N13O13S/c1-11-17-30(39(64)55-36(26(5)12-2)42(67)54-32(18-15-21-50-46(47)48)45(70)59-22-16-19-33(59)41(66)49-14-4)53-44(69)38(28(7)60)57-43(68)37(27(6)13-3)56-40(65)31(20-23-73(10,71)72)52-34(62)24-51-35(63)25-58(9)29(8)61/h26-28,30-33,36-38,60H,11-25H2,1-10H3,(H,49,66)(H,51,63)(H,52,62)(H,53,69)(H,54,67)(H,55,64)(H,56,65)(H,57,68)(H4,47,48,50)/t26-,27?,28+,30-,31-,32-,33-,36-,37+,38-/m0/s1. The van der Waals surface area contributed by atoms with Gasteiger partial charge in [-0.25, -0.2) is 8.42 Å². The molecule has 1 unspecified atom stereocenters. The van der Waals surface area contributed by atoms with Crippen molar-refractivity contribution in [3.05, 3.63) is 0 Å². The highest BCUT2D eigenvalue weighted by Gasteiger charge is 2.40. The van der Waals surface area contributed by atoms with Crippen LogP contribution in [0, 0.1) is 11.8 Å². The molecule has 1 heterocycles. The fraction of sp³-hybridized carbons (Fsp3) is 0.761. The van der Waals surface area contributed by atoms with Gasteiger partial charge in [0, 0.05) is 39.9 Å². The van der Waals surface area contributed by atoms with Gasteiger partial charge in [0.15, 0.2) is 5.96 Å². The number of aliphatic imine (C=N–C) groups is 1. The largest absolute Gasteiger partial charge is 0.391 e. The number of guanidine groups is 1. The van der Waals surface area contributed by atoms with Crippen LogP contribution in [0.3, 0.4) is 0 Å². The SMILES string of the molecule is CCC[C@H](NC(=O)[C@@H](NC(=O)[C@H](NC(=O)[C@H](CCS(C)(=O)=O)NC(=O)CNC(=O)CN(C)C(C)=O)C(C)CC)[C@@H](C)O)C(=O)N[C@H](C(=O)N[C@@H](CCCN=C(N)N)C(=O)N1CCC[C@H]1C(=O)NCC)[C@@H](C)CC. The molecule has 0 spiro atoms. The summed E-state index contributed by atoms with van der Waals surface area (Å²) in [4.78, 5) is 140. The first kappa shape index (κ1) is 64.9. The fourth-order valence-corrected chi connectivity index (χ4v) is 8.27. The Morgan fingerprint density at radius 1 is 0.712 bits per heavy atom. The lowest BCUT2D eigenvalue weighted by atomic mass is 9.96. The number of sulfone groups is 1. The third-order valence-corrected chi connectivity index (χ3v) is 13.4. The lowest BCUT2D eigenvalue weighted by molar-refractivity contribution is -0.142. The number of amides is 10. The van der Waals surface area contributed by atoms with Crippen LogP contribution in [0.1, 0.15) is 113 Å². The molecule has 0 bridgehead atoms. The van der Waals surface area contributed by atoms with Crippen molar-refractivity contribution in [3.8, 4) is 0 Å². The van der Waals surface area contributed by atoms with E-state index in [1.54, 1.807) is 41.5 Å². The molecule has 73 heavy (non-hydrogen) atoms. The lowest BCUT2D eigenvalue weighted by Crippen LogP contribution is -2.63. The summed E-state index contributed by atoms with van der Waals surface area (Å²) in [6.45, 7) is 12.6. The summed E-state index contributed by atoms with van der Waals surface area (Å²) in [5.74, 6) is -9.04. The summed E-state index contributed by atoms with van der Waals surface area (Å²) in [5, 5.41) is 31.3. The van der Waals surface area contributed by atoms with Crippen LogP contribution in [0.5, 0.6) is 0 Å². The highest BCUT2D eigenvalue weighted by atomic mass is 32.2. The maximum atomic E-state index is 14.2. The molecule has 27 heteroatoms. The first-order chi connectivity index (χ1) is 34.1. The van der Waals surface area contributed by atoms with Gasteiger partial charge in [0.25, 0.3) is 0 Å². The minimum absolute atomic E-state index is 0.0419. The van der Waals surface area contributed by atoms with Crippen molar-refractivity contribution in [3.63, 3.8) is 0 Å². The molecule has 10 amide bonds. The minimum Gasteiger partial charge on any atom is -0.391 e.